The first kappa shape index (κ1) is 20.4. The Kier molecular flexibility index (Phi) is 15.4. The lowest BCUT2D eigenvalue weighted by atomic mass is 10.0. The van der Waals surface area contributed by atoms with E-state index in [1.54, 1.807) is 0 Å². The number of hydrogen-bond acceptors (Lipinski definition) is 2. The molecular weight excluding hydrogens is 264 g/mol. The van der Waals surface area contributed by atoms with Gasteiger partial charge in [0.1, 0.15) is 0 Å². The Bertz CT molecular complexity index is 227. The van der Waals surface area contributed by atoms with Gasteiger partial charge >= 0.3 is 5.97 Å². The van der Waals surface area contributed by atoms with Crippen molar-refractivity contribution in [2.75, 3.05) is 0 Å². The van der Waals surface area contributed by atoms with Gasteiger partial charge in [-0.15, -0.1) is 0 Å². The fourth-order valence-electron chi connectivity index (χ4n) is 2.66. The first-order valence-electron chi connectivity index (χ1n) is 9.03. The van der Waals surface area contributed by atoms with Crippen LogP contribution in [0.15, 0.2) is 0 Å². The summed E-state index contributed by atoms with van der Waals surface area (Å²) >= 11 is 0. The average Bonchev–Trinajstić information content (AvgIpc) is 2.42. The van der Waals surface area contributed by atoms with Gasteiger partial charge in [-0.25, -0.2) is 0 Å². The van der Waals surface area contributed by atoms with E-state index in [2.05, 4.69) is 0 Å². The van der Waals surface area contributed by atoms with E-state index in [9.17, 15) is 4.79 Å². The molecule has 21 heavy (non-hydrogen) atoms. The summed E-state index contributed by atoms with van der Waals surface area (Å²) < 4.78 is 0. The highest BCUT2D eigenvalue weighted by Gasteiger charge is 1.97. The predicted octanol–water partition coefficient (Wildman–Crippen LogP) is 5.30. The highest BCUT2D eigenvalue weighted by atomic mass is 16.4. The van der Waals surface area contributed by atoms with Crippen LogP contribution in [0.2, 0.25) is 0 Å². The third-order valence-corrected chi connectivity index (χ3v) is 4.01. The molecule has 0 aliphatic heterocycles. The first-order chi connectivity index (χ1) is 10.1. The molecule has 2 N–H and O–H groups in total. The fourth-order valence-corrected chi connectivity index (χ4v) is 2.66. The summed E-state index contributed by atoms with van der Waals surface area (Å²) in [5.74, 6) is -0.666. The van der Waals surface area contributed by atoms with Crippen LogP contribution in [0.3, 0.4) is 0 Å². The van der Waals surface area contributed by atoms with Gasteiger partial charge in [0, 0.05) is 6.42 Å². The molecule has 3 nitrogen and oxygen atoms in total. The lowest BCUT2D eigenvalue weighted by molar-refractivity contribution is -0.137. The predicted molar refractivity (Wildman–Crippen MR) is 88.6 cm³/mol. The van der Waals surface area contributed by atoms with E-state index in [4.69, 9.17) is 10.2 Å². The van der Waals surface area contributed by atoms with Crippen molar-refractivity contribution in [2.24, 2.45) is 0 Å². The minimum atomic E-state index is -0.666. The number of carboxylic acid groups (broad SMARTS) is 1. The van der Waals surface area contributed by atoms with Crippen molar-refractivity contribution in [1.29, 1.82) is 0 Å². The van der Waals surface area contributed by atoms with Crippen LogP contribution in [0.25, 0.3) is 0 Å². The van der Waals surface area contributed by atoms with Crippen LogP contribution >= 0.6 is 0 Å². The van der Waals surface area contributed by atoms with Crippen LogP contribution in [0, 0.1) is 0 Å². The average molecular weight is 300 g/mol. The Hall–Kier alpha value is -0.570. The molecule has 0 aliphatic carbocycles. The summed E-state index contributed by atoms with van der Waals surface area (Å²) in [6.45, 7) is 1.87. The van der Waals surface area contributed by atoms with Crippen molar-refractivity contribution in [3.8, 4) is 0 Å². The molecule has 0 amide bonds. The number of aliphatic hydroxyl groups is 1. The standard InChI is InChI=1S/C18H36O3/c1-17(19)15-13-11-9-7-5-3-2-4-6-8-10-12-14-16-18(20)21/h17,19H,2-16H2,1H3,(H,20,21). The minimum absolute atomic E-state index is 0.130. The maximum absolute atomic E-state index is 10.3. The van der Waals surface area contributed by atoms with Crippen molar-refractivity contribution in [1.82, 2.24) is 0 Å². The molecule has 3 heteroatoms. The molecule has 0 aliphatic rings. The van der Waals surface area contributed by atoms with E-state index in [1.165, 1.54) is 70.6 Å². The van der Waals surface area contributed by atoms with Crippen molar-refractivity contribution < 1.29 is 15.0 Å². The molecule has 0 heterocycles. The molecule has 0 aromatic rings. The highest BCUT2D eigenvalue weighted by Crippen LogP contribution is 2.13. The van der Waals surface area contributed by atoms with Gasteiger partial charge in [0.05, 0.1) is 6.10 Å². The molecule has 0 saturated carbocycles. The number of aliphatic hydroxyl groups excluding tert-OH is 1. The second kappa shape index (κ2) is 15.8. The van der Waals surface area contributed by atoms with Gasteiger partial charge in [0.15, 0.2) is 0 Å². The SMILES string of the molecule is CC(O)CCCCCCCCCCCCCCCC(=O)O. The van der Waals surface area contributed by atoms with Crippen LogP contribution in [0.4, 0.5) is 0 Å². The summed E-state index contributed by atoms with van der Waals surface area (Å²) in [5, 5.41) is 17.7. The molecule has 1 atom stereocenters. The Morgan fingerprint density at radius 3 is 1.38 bits per heavy atom. The second-order valence-electron chi connectivity index (χ2n) is 6.38. The second-order valence-corrected chi connectivity index (χ2v) is 6.38. The number of carbonyl (C=O) groups is 1. The van der Waals surface area contributed by atoms with E-state index in [-0.39, 0.29) is 6.10 Å². The maximum Gasteiger partial charge on any atom is 0.303 e. The molecule has 0 aromatic carbocycles. The molecule has 0 radical (unpaired) electrons. The van der Waals surface area contributed by atoms with Crippen LogP contribution in [0.1, 0.15) is 103 Å². The van der Waals surface area contributed by atoms with Crippen LogP contribution < -0.4 is 0 Å². The van der Waals surface area contributed by atoms with E-state index in [0.29, 0.717) is 6.42 Å². The number of carboxylic acids is 1. The molecule has 1 unspecified atom stereocenters. The van der Waals surface area contributed by atoms with Crippen molar-refractivity contribution in [3.05, 3.63) is 0 Å². The first-order valence-corrected chi connectivity index (χ1v) is 9.03. The van der Waals surface area contributed by atoms with Crippen LogP contribution in [-0.4, -0.2) is 22.3 Å². The van der Waals surface area contributed by atoms with Gasteiger partial charge in [0.25, 0.3) is 0 Å². The molecule has 0 fully saturated rings. The summed E-state index contributed by atoms with van der Waals surface area (Å²) in [7, 11) is 0. The molecular formula is C18H36O3. The van der Waals surface area contributed by atoms with E-state index < -0.39 is 5.97 Å². The van der Waals surface area contributed by atoms with Gasteiger partial charge in [-0.2, -0.15) is 0 Å². The number of rotatable bonds is 16. The van der Waals surface area contributed by atoms with E-state index in [1.807, 2.05) is 6.92 Å². The molecule has 0 aromatic heterocycles. The van der Waals surface area contributed by atoms with Crippen molar-refractivity contribution >= 4 is 5.97 Å². The van der Waals surface area contributed by atoms with Gasteiger partial charge in [-0.1, -0.05) is 77.0 Å². The Morgan fingerprint density at radius 1 is 0.714 bits per heavy atom. The van der Waals surface area contributed by atoms with Crippen LogP contribution in [0.5, 0.6) is 0 Å². The maximum atomic E-state index is 10.3. The molecule has 0 spiro atoms. The van der Waals surface area contributed by atoms with Gasteiger partial charge < -0.3 is 10.2 Å². The lowest BCUT2D eigenvalue weighted by Gasteiger charge is -2.04. The zero-order valence-corrected chi connectivity index (χ0v) is 14.0. The number of unbranched alkanes of at least 4 members (excludes halogenated alkanes) is 12. The van der Waals surface area contributed by atoms with Crippen molar-refractivity contribution in [2.45, 2.75) is 109 Å². The zero-order chi connectivity index (χ0) is 15.8. The monoisotopic (exact) mass is 300 g/mol. The fraction of sp³-hybridized carbons (Fsp3) is 0.944. The molecule has 0 bridgehead atoms. The van der Waals surface area contributed by atoms with Gasteiger partial charge in [-0.3, -0.25) is 4.79 Å². The summed E-state index contributed by atoms with van der Waals surface area (Å²) in [6, 6.07) is 0. The third-order valence-electron chi connectivity index (χ3n) is 4.01. The smallest absolute Gasteiger partial charge is 0.303 e. The number of aliphatic carboxylic acids is 1. The Morgan fingerprint density at radius 2 is 1.05 bits per heavy atom. The largest absolute Gasteiger partial charge is 0.481 e. The zero-order valence-electron chi connectivity index (χ0n) is 14.0. The summed E-state index contributed by atoms with van der Waals surface area (Å²) in [5.41, 5.74) is 0. The van der Waals surface area contributed by atoms with Gasteiger partial charge in [-0.05, 0) is 19.8 Å². The highest BCUT2D eigenvalue weighted by molar-refractivity contribution is 5.66. The van der Waals surface area contributed by atoms with Crippen molar-refractivity contribution in [3.63, 3.8) is 0 Å². The molecule has 126 valence electrons. The Labute approximate surface area is 131 Å². The summed E-state index contributed by atoms with van der Waals surface area (Å²) in [4.78, 5) is 10.3. The Balaban J connectivity index is 2.98. The topological polar surface area (TPSA) is 57.5 Å². The quantitative estimate of drug-likeness (QED) is 0.380. The van der Waals surface area contributed by atoms with Gasteiger partial charge in [0.2, 0.25) is 0 Å². The van der Waals surface area contributed by atoms with E-state index >= 15 is 0 Å². The summed E-state index contributed by atoms with van der Waals surface area (Å²) in [6.07, 6.45) is 17.3. The molecule has 0 rings (SSSR count). The lowest BCUT2D eigenvalue weighted by Crippen LogP contribution is -1.98. The molecule has 0 saturated heterocycles. The third kappa shape index (κ3) is 19.4. The van der Waals surface area contributed by atoms with Crippen LogP contribution in [-0.2, 0) is 4.79 Å². The minimum Gasteiger partial charge on any atom is -0.481 e. The van der Waals surface area contributed by atoms with E-state index in [0.717, 1.165) is 19.3 Å². The normalized spacial score (nSPS) is 12.5. The number of hydrogen-bond donors (Lipinski definition) is 2.